The van der Waals surface area contributed by atoms with Crippen molar-refractivity contribution in [3.05, 3.63) is 29.8 Å². The lowest BCUT2D eigenvalue weighted by Gasteiger charge is -2.26. The van der Waals surface area contributed by atoms with Gasteiger partial charge in [-0.2, -0.15) is 4.31 Å². The van der Waals surface area contributed by atoms with Crippen LogP contribution in [0.5, 0.6) is 0 Å². The number of ether oxygens (including phenoxy) is 1. The van der Waals surface area contributed by atoms with Crippen molar-refractivity contribution in [3.63, 3.8) is 0 Å². The standard InChI is InChI=1S/C16H23N3O3S2/c1-14-3-5-15(6-4-14)24(20,21)19-8-2-7-17(9-10-19)13-18-11-12-22-16(18)23/h3-6H,2,7-13H2,1H3. The molecular formula is C16H23N3O3S2. The largest absolute Gasteiger partial charge is 0.469 e. The van der Waals surface area contributed by atoms with Crippen LogP contribution in [0.25, 0.3) is 0 Å². The first-order chi connectivity index (χ1) is 11.5. The maximum absolute atomic E-state index is 12.8. The van der Waals surface area contributed by atoms with Crippen LogP contribution in [0.2, 0.25) is 0 Å². The normalized spacial score (nSPS) is 20.9. The first-order valence-electron chi connectivity index (χ1n) is 8.18. The minimum Gasteiger partial charge on any atom is -0.469 e. The van der Waals surface area contributed by atoms with Gasteiger partial charge in [0, 0.05) is 26.2 Å². The topological polar surface area (TPSA) is 53.1 Å². The van der Waals surface area contributed by atoms with Crippen LogP contribution in [0.1, 0.15) is 12.0 Å². The van der Waals surface area contributed by atoms with E-state index in [-0.39, 0.29) is 0 Å². The fraction of sp³-hybridized carbons (Fsp3) is 0.562. The fourth-order valence-corrected chi connectivity index (χ4v) is 4.69. The molecule has 0 atom stereocenters. The Morgan fingerprint density at radius 1 is 1.08 bits per heavy atom. The first kappa shape index (κ1) is 17.6. The number of sulfonamides is 1. The predicted molar refractivity (Wildman–Crippen MR) is 96.3 cm³/mol. The fourth-order valence-electron chi connectivity index (χ4n) is 2.98. The minimum atomic E-state index is -3.42. The van der Waals surface area contributed by atoms with Crippen molar-refractivity contribution in [1.82, 2.24) is 14.1 Å². The van der Waals surface area contributed by atoms with Gasteiger partial charge in [0.2, 0.25) is 10.0 Å². The average molecular weight is 370 g/mol. The van der Waals surface area contributed by atoms with Crippen molar-refractivity contribution in [1.29, 1.82) is 0 Å². The molecule has 0 N–H and O–H groups in total. The molecular weight excluding hydrogens is 346 g/mol. The van der Waals surface area contributed by atoms with E-state index in [0.717, 1.165) is 25.1 Å². The molecule has 2 aliphatic rings. The number of rotatable bonds is 4. The van der Waals surface area contributed by atoms with Crippen molar-refractivity contribution in [3.8, 4) is 0 Å². The zero-order chi connectivity index (χ0) is 17.2. The third-order valence-corrected chi connectivity index (χ3v) is 6.71. The summed E-state index contributed by atoms with van der Waals surface area (Å²) in [4.78, 5) is 4.64. The zero-order valence-electron chi connectivity index (χ0n) is 13.8. The number of hydrogen-bond donors (Lipinski definition) is 0. The number of benzene rings is 1. The van der Waals surface area contributed by atoms with Gasteiger partial charge in [-0.1, -0.05) is 17.7 Å². The molecule has 0 bridgehead atoms. The van der Waals surface area contributed by atoms with Gasteiger partial charge >= 0.3 is 0 Å². The number of aryl methyl sites for hydroxylation is 1. The Hall–Kier alpha value is -1.22. The molecule has 0 unspecified atom stereocenters. The van der Waals surface area contributed by atoms with Crippen molar-refractivity contribution < 1.29 is 13.2 Å². The van der Waals surface area contributed by atoms with E-state index in [1.54, 1.807) is 16.4 Å². The molecule has 132 valence electrons. The Kier molecular flexibility index (Phi) is 5.39. The molecule has 6 nitrogen and oxygen atoms in total. The maximum Gasteiger partial charge on any atom is 0.260 e. The van der Waals surface area contributed by atoms with Gasteiger partial charge < -0.3 is 9.64 Å². The van der Waals surface area contributed by atoms with Gasteiger partial charge in [-0.05, 0) is 37.7 Å². The van der Waals surface area contributed by atoms with E-state index in [4.69, 9.17) is 17.0 Å². The van der Waals surface area contributed by atoms with Gasteiger partial charge in [0.05, 0.1) is 18.1 Å². The molecule has 3 rings (SSSR count). The van der Waals surface area contributed by atoms with Crippen LogP contribution in [0, 0.1) is 6.92 Å². The summed E-state index contributed by atoms with van der Waals surface area (Å²) in [5.41, 5.74) is 1.06. The monoisotopic (exact) mass is 369 g/mol. The molecule has 2 saturated heterocycles. The third kappa shape index (κ3) is 3.88. The molecule has 0 amide bonds. The molecule has 0 radical (unpaired) electrons. The molecule has 0 aromatic heterocycles. The van der Waals surface area contributed by atoms with Crippen LogP contribution in [0.4, 0.5) is 0 Å². The Balaban J connectivity index is 1.64. The van der Waals surface area contributed by atoms with E-state index < -0.39 is 10.0 Å². The Labute approximate surface area is 149 Å². The summed E-state index contributed by atoms with van der Waals surface area (Å²) in [6, 6.07) is 7.05. The summed E-state index contributed by atoms with van der Waals surface area (Å²) in [5.74, 6) is 0. The van der Waals surface area contributed by atoms with Gasteiger partial charge in [0.1, 0.15) is 6.61 Å². The van der Waals surface area contributed by atoms with Crippen molar-refractivity contribution in [2.45, 2.75) is 18.2 Å². The molecule has 2 fully saturated rings. The van der Waals surface area contributed by atoms with Crippen molar-refractivity contribution in [2.24, 2.45) is 0 Å². The van der Waals surface area contributed by atoms with E-state index in [9.17, 15) is 8.42 Å². The highest BCUT2D eigenvalue weighted by Crippen LogP contribution is 2.18. The van der Waals surface area contributed by atoms with Crippen LogP contribution >= 0.6 is 12.2 Å². The zero-order valence-corrected chi connectivity index (χ0v) is 15.5. The Morgan fingerprint density at radius 3 is 2.50 bits per heavy atom. The van der Waals surface area contributed by atoms with E-state index in [1.807, 2.05) is 24.0 Å². The maximum atomic E-state index is 12.8. The molecule has 1 aromatic rings. The molecule has 24 heavy (non-hydrogen) atoms. The van der Waals surface area contributed by atoms with Gasteiger partial charge in [-0.25, -0.2) is 8.42 Å². The van der Waals surface area contributed by atoms with Crippen LogP contribution in [0.3, 0.4) is 0 Å². The molecule has 2 heterocycles. The van der Waals surface area contributed by atoms with Crippen molar-refractivity contribution >= 4 is 27.4 Å². The molecule has 0 spiro atoms. The predicted octanol–water partition coefficient (Wildman–Crippen LogP) is 1.27. The lowest BCUT2D eigenvalue weighted by atomic mass is 10.2. The Bertz CT molecular complexity index is 691. The first-order valence-corrected chi connectivity index (χ1v) is 10.0. The van der Waals surface area contributed by atoms with Gasteiger partial charge in [-0.3, -0.25) is 4.90 Å². The van der Waals surface area contributed by atoms with Gasteiger partial charge in [-0.15, -0.1) is 0 Å². The highest BCUT2D eigenvalue weighted by Gasteiger charge is 2.28. The summed E-state index contributed by atoms with van der Waals surface area (Å²) in [7, 11) is -3.42. The number of nitrogens with zero attached hydrogens (tertiary/aromatic N) is 3. The third-order valence-electron chi connectivity index (χ3n) is 4.42. The van der Waals surface area contributed by atoms with Crippen LogP contribution in [-0.4, -0.2) is 73.7 Å². The molecule has 0 saturated carbocycles. The van der Waals surface area contributed by atoms with Crippen LogP contribution in [0.15, 0.2) is 29.2 Å². The second kappa shape index (κ2) is 7.35. The van der Waals surface area contributed by atoms with Crippen LogP contribution < -0.4 is 0 Å². The second-order valence-corrected chi connectivity index (χ2v) is 8.50. The average Bonchev–Trinajstić information content (AvgIpc) is 2.81. The minimum absolute atomic E-state index is 0.371. The summed E-state index contributed by atoms with van der Waals surface area (Å²) in [5, 5.41) is 0.545. The Morgan fingerprint density at radius 2 is 1.83 bits per heavy atom. The summed E-state index contributed by atoms with van der Waals surface area (Å²) in [6.07, 6.45) is 0.812. The van der Waals surface area contributed by atoms with Crippen LogP contribution in [-0.2, 0) is 14.8 Å². The second-order valence-electron chi connectivity index (χ2n) is 6.21. The highest BCUT2D eigenvalue weighted by molar-refractivity contribution is 7.89. The number of hydrogen-bond acceptors (Lipinski definition) is 5. The highest BCUT2D eigenvalue weighted by atomic mass is 32.2. The van der Waals surface area contributed by atoms with E-state index in [1.165, 1.54) is 0 Å². The van der Waals surface area contributed by atoms with Crippen molar-refractivity contribution in [2.75, 3.05) is 46.0 Å². The molecule has 8 heteroatoms. The lowest BCUT2D eigenvalue weighted by Crippen LogP contribution is -2.41. The summed E-state index contributed by atoms with van der Waals surface area (Å²) < 4.78 is 32.5. The number of thiocarbonyl (C=S) groups is 1. The van der Waals surface area contributed by atoms with E-state index in [0.29, 0.717) is 43.0 Å². The lowest BCUT2D eigenvalue weighted by molar-refractivity contribution is 0.204. The summed E-state index contributed by atoms with van der Waals surface area (Å²) >= 11 is 5.17. The van der Waals surface area contributed by atoms with E-state index >= 15 is 0 Å². The molecule has 2 aliphatic heterocycles. The smallest absolute Gasteiger partial charge is 0.260 e. The molecule has 0 aliphatic carbocycles. The summed E-state index contributed by atoms with van der Waals surface area (Å²) in [6.45, 7) is 6.71. The quantitative estimate of drug-likeness (QED) is 0.745. The van der Waals surface area contributed by atoms with Gasteiger partial charge in [0.25, 0.3) is 5.17 Å². The SMILES string of the molecule is Cc1ccc(S(=O)(=O)N2CCCN(CN3CCOC3=S)CC2)cc1. The molecule has 1 aromatic carbocycles. The van der Waals surface area contributed by atoms with Gasteiger partial charge in [0.15, 0.2) is 0 Å². The van der Waals surface area contributed by atoms with E-state index in [2.05, 4.69) is 4.90 Å².